The Bertz CT molecular complexity index is 330. The second kappa shape index (κ2) is 22.6. The summed E-state index contributed by atoms with van der Waals surface area (Å²) in [5.74, 6) is -0.960. The predicted molar refractivity (Wildman–Crippen MR) is 104 cm³/mol. The van der Waals surface area contributed by atoms with Crippen LogP contribution in [0.25, 0.3) is 0 Å². The summed E-state index contributed by atoms with van der Waals surface area (Å²) in [6.07, 6.45) is 17.0. The molecule has 25 heavy (non-hydrogen) atoms. The van der Waals surface area contributed by atoms with Crippen molar-refractivity contribution in [3.63, 3.8) is 0 Å². The molecule has 0 saturated heterocycles. The first-order valence-corrected chi connectivity index (χ1v) is 9.85. The Morgan fingerprint density at radius 1 is 0.880 bits per heavy atom. The van der Waals surface area contributed by atoms with Crippen molar-refractivity contribution < 1.29 is 19.4 Å². The molecule has 0 fully saturated rings. The number of carboxylic acids is 1. The number of carbonyl (C=O) groups is 2. The maximum Gasteiger partial charge on any atom is 0.310 e. The second-order valence-corrected chi connectivity index (χ2v) is 6.15. The lowest BCUT2D eigenvalue weighted by Gasteiger charge is -2.01. The lowest BCUT2D eigenvalue weighted by atomic mass is 10.1. The topological polar surface area (TPSA) is 76.0 Å². The molecule has 1 N–H and O–H groups in total. The van der Waals surface area contributed by atoms with Crippen molar-refractivity contribution in [3.05, 3.63) is 0 Å². The first-order chi connectivity index (χ1) is 12.1. The normalized spacial score (nSPS) is 10.4. The molecule has 0 bridgehead atoms. The highest BCUT2D eigenvalue weighted by Gasteiger charge is 1.95. The third-order valence-corrected chi connectivity index (χ3v) is 3.81. The highest BCUT2D eigenvalue weighted by molar-refractivity contribution is 5.85. The highest BCUT2D eigenvalue weighted by atomic mass is 16.5. The van der Waals surface area contributed by atoms with E-state index in [4.69, 9.17) is 5.11 Å². The number of methoxy groups -OCH3 is 1. The van der Waals surface area contributed by atoms with Gasteiger partial charge in [0.05, 0.1) is 13.5 Å². The van der Waals surface area contributed by atoms with Gasteiger partial charge in [0.1, 0.15) is 0 Å². The highest BCUT2D eigenvalue weighted by Crippen LogP contribution is 2.11. The molecule has 0 aliphatic carbocycles. The van der Waals surface area contributed by atoms with Crippen LogP contribution in [-0.2, 0) is 14.3 Å². The Balaban J connectivity index is 0. The number of carbonyl (C=O) groups excluding carboxylic acids is 1. The van der Waals surface area contributed by atoms with E-state index in [1.807, 2.05) is 0 Å². The number of aliphatic carboxylic acids is 1. The van der Waals surface area contributed by atoms with E-state index in [0.29, 0.717) is 6.42 Å². The molecule has 0 aromatic rings. The van der Waals surface area contributed by atoms with Gasteiger partial charge in [0.15, 0.2) is 0 Å². The molecule has 0 aromatic carbocycles. The molecule has 0 aliphatic rings. The summed E-state index contributed by atoms with van der Waals surface area (Å²) in [5, 5.41) is 7.72. The minimum absolute atomic E-state index is 0.215. The van der Waals surface area contributed by atoms with Gasteiger partial charge in [-0.1, -0.05) is 78.1 Å². The second-order valence-electron chi connectivity index (χ2n) is 6.15. The predicted octanol–water partition coefficient (Wildman–Crippen LogP) is 5.41. The van der Waals surface area contributed by atoms with Gasteiger partial charge in [0, 0.05) is 19.2 Å². The van der Waals surface area contributed by atoms with Gasteiger partial charge in [-0.25, -0.2) is 0 Å². The molecule has 5 heteroatoms. The maximum absolute atomic E-state index is 10.8. The first-order valence-electron chi connectivity index (χ1n) is 9.85. The molecule has 0 aliphatic heterocycles. The summed E-state index contributed by atoms with van der Waals surface area (Å²) in [7, 11) is 1.40. The monoisotopic (exact) mass is 357 g/mol. The number of hydrogen-bond donors (Lipinski definition) is 1. The Kier molecular flexibility index (Phi) is 23.4. The average Bonchev–Trinajstić information content (AvgIpc) is 2.62. The zero-order valence-electron chi connectivity index (χ0n) is 16.6. The third-order valence-electron chi connectivity index (χ3n) is 3.81. The van der Waals surface area contributed by atoms with Crippen LogP contribution in [0.1, 0.15) is 97.3 Å². The van der Waals surface area contributed by atoms with E-state index in [-0.39, 0.29) is 12.4 Å². The van der Waals surface area contributed by atoms with Crippen LogP contribution < -0.4 is 0 Å². The largest absolute Gasteiger partial charge is 0.481 e. The number of aliphatic imine (C=N–C) groups is 1. The van der Waals surface area contributed by atoms with Gasteiger partial charge in [-0.15, -0.1) is 0 Å². The molecule has 148 valence electrons. The Hall–Kier alpha value is -1.39. The standard InChI is InChI=1S/C17H33NO2.C3H6O2/c1-3-4-5-6-7-8-9-10-11-12-13-15-18-16-14-17(19)20-2;1-2-3(4)5/h16H,3-15H2,1-2H3;2H2,1H3,(H,4,5). The van der Waals surface area contributed by atoms with Gasteiger partial charge in [-0.2, -0.15) is 0 Å². The van der Waals surface area contributed by atoms with Crippen molar-refractivity contribution in [1.29, 1.82) is 0 Å². The van der Waals surface area contributed by atoms with Gasteiger partial charge in [0.25, 0.3) is 0 Å². The van der Waals surface area contributed by atoms with Gasteiger partial charge in [0.2, 0.25) is 0 Å². The van der Waals surface area contributed by atoms with Gasteiger partial charge >= 0.3 is 11.9 Å². The van der Waals surface area contributed by atoms with Crippen molar-refractivity contribution in [1.82, 2.24) is 0 Å². The van der Waals surface area contributed by atoms with E-state index in [2.05, 4.69) is 16.7 Å². The summed E-state index contributed by atoms with van der Waals surface area (Å²) in [4.78, 5) is 24.4. The molecule has 0 amide bonds. The minimum atomic E-state index is -0.745. The fourth-order valence-electron chi connectivity index (χ4n) is 2.18. The van der Waals surface area contributed by atoms with E-state index in [1.165, 1.54) is 71.3 Å². The number of ether oxygens (including phenoxy) is 1. The van der Waals surface area contributed by atoms with Gasteiger partial charge in [-0.3, -0.25) is 14.6 Å². The van der Waals surface area contributed by atoms with E-state index < -0.39 is 5.97 Å². The number of carboxylic acid groups (broad SMARTS) is 1. The van der Waals surface area contributed by atoms with Crippen LogP contribution in [0.15, 0.2) is 4.99 Å². The lowest BCUT2D eigenvalue weighted by molar-refractivity contribution is -0.139. The molecular weight excluding hydrogens is 318 g/mol. The van der Waals surface area contributed by atoms with Crippen LogP contribution >= 0.6 is 0 Å². The fraction of sp³-hybridized carbons (Fsp3) is 0.850. The van der Waals surface area contributed by atoms with Crippen molar-refractivity contribution in [3.8, 4) is 0 Å². The van der Waals surface area contributed by atoms with Gasteiger partial charge in [-0.05, 0) is 6.42 Å². The number of unbranched alkanes of at least 4 members (excludes halogenated alkanes) is 10. The summed E-state index contributed by atoms with van der Waals surface area (Å²) in [6.45, 7) is 4.70. The Labute approximate surface area is 154 Å². The molecule has 0 aromatic heterocycles. The quantitative estimate of drug-likeness (QED) is 0.241. The molecule has 5 nitrogen and oxygen atoms in total. The molecule has 0 radical (unpaired) electrons. The van der Waals surface area contributed by atoms with Crippen LogP contribution in [0.4, 0.5) is 0 Å². The smallest absolute Gasteiger partial charge is 0.310 e. The molecule has 0 rings (SSSR count). The summed E-state index contributed by atoms with van der Waals surface area (Å²) < 4.78 is 4.53. The maximum atomic E-state index is 10.8. The molecule has 0 atom stereocenters. The van der Waals surface area contributed by atoms with Crippen LogP contribution in [0.3, 0.4) is 0 Å². The van der Waals surface area contributed by atoms with Crippen molar-refractivity contribution >= 4 is 18.2 Å². The zero-order chi connectivity index (χ0) is 19.2. The van der Waals surface area contributed by atoms with Crippen molar-refractivity contribution in [2.45, 2.75) is 97.3 Å². The molecule has 0 unspecified atom stereocenters. The fourth-order valence-corrected chi connectivity index (χ4v) is 2.18. The molecule has 0 spiro atoms. The number of esters is 1. The lowest BCUT2D eigenvalue weighted by Crippen LogP contribution is -2.00. The van der Waals surface area contributed by atoms with E-state index in [9.17, 15) is 9.59 Å². The SMILES string of the molecule is CCC(=O)O.CCCCCCCCCCCCCN=CCC(=O)OC. The van der Waals surface area contributed by atoms with E-state index >= 15 is 0 Å². The van der Waals surface area contributed by atoms with E-state index in [1.54, 1.807) is 13.1 Å². The van der Waals surface area contributed by atoms with Gasteiger partial charge < -0.3 is 9.84 Å². The van der Waals surface area contributed by atoms with Crippen LogP contribution in [0.5, 0.6) is 0 Å². The number of rotatable bonds is 15. The summed E-state index contributed by atoms with van der Waals surface area (Å²) >= 11 is 0. The first kappa shape index (κ1) is 25.8. The van der Waals surface area contributed by atoms with Crippen LogP contribution in [0, 0.1) is 0 Å². The minimum Gasteiger partial charge on any atom is -0.481 e. The summed E-state index contributed by atoms with van der Waals surface area (Å²) in [6, 6.07) is 0. The van der Waals surface area contributed by atoms with Crippen molar-refractivity contribution in [2.24, 2.45) is 4.99 Å². The Morgan fingerprint density at radius 3 is 1.72 bits per heavy atom. The third kappa shape index (κ3) is 27.7. The molecule has 0 heterocycles. The molecule has 0 saturated carbocycles. The molecular formula is C20H39NO4. The van der Waals surface area contributed by atoms with Crippen molar-refractivity contribution in [2.75, 3.05) is 13.7 Å². The van der Waals surface area contributed by atoms with E-state index in [0.717, 1.165) is 13.0 Å². The number of nitrogens with zero attached hydrogens (tertiary/aromatic N) is 1. The average molecular weight is 358 g/mol. The Morgan fingerprint density at radius 2 is 1.32 bits per heavy atom. The zero-order valence-corrected chi connectivity index (χ0v) is 16.6. The summed E-state index contributed by atoms with van der Waals surface area (Å²) in [5.41, 5.74) is 0. The number of hydrogen-bond acceptors (Lipinski definition) is 4. The van der Waals surface area contributed by atoms with Crippen LogP contribution in [0.2, 0.25) is 0 Å². The van der Waals surface area contributed by atoms with Crippen LogP contribution in [-0.4, -0.2) is 36.9 Å².